The molecule has 4 nitrogen and oxygen atoms in total. The first-order chi connectivity index (χ1) is 16.2. The summed E-state index contributed by atoms with van der Waals surface area (Å²) in [4.78, 5) is 11.9. The lowest BCUT2D eigenvalue weighted by atomic mass is 10.0. The number of hydrogen-bond donors (Lipinski definition) is 0. The van der Waals surface area contributed by atoms with Crippen LogP contribution in [0.5, 0.6) is 5.75 Å². The number of halogens is 3. The number of alkyl halides is 3. The van der Waals surface area contributed by atoms with Gasteiger partial charge in [0, 0.05) is 12.0 Å². The molecule has 0 bridgehead atoms. The molecule has 3 aromatic rings. The van der Waals surface area contributed by atoms with Crippen molar-refractivity contribution in [2.45, 2.75) is 64.7 Å². The third-order valence-corrected chi connectivity index (χ3v) is 5.83. The molecule has 0 saturated heterocycles. The van der Waals surface area contributed by atoms with Crippen LogP contribution in [-0.2, 0) is 11.2 Å². The smallest absolute Gasteiger partial charge is 0.393 e. The highest BCUT2D eigenvalue weighted by molar-refractivity contribution is 5.82. The van der Waals surface area contributed by atoms with E-state index in [4.69, 9.17) is 13.9 Å². The molecule has 1 aromatic heterocycles. The molecule has 0 aliphatic heterocycles. The Kier molecular flexibility index (Phi) is 9.16. The van der Waals surface area contributed by atoms with Crippen molar-refractivity contribution in [3.05, 3.63) is 75.6 Å². The van der Waals surface area contributed by atoms with Crippen molar-refractivity contribution in [1.29, 1.82) is 0 Å². The lowest BCUT2D eigenvalue weighted by molar-refractivity contribution is -0.127. The van der Waals surface area contributed by atoms with Crippen molar-refractivity contribution in [3.63, 3.8) is 0 Å². The van der Waals surface area contributed by atoms with Gasteiger partial charge in [-0.2, -0.15) is 13.2 Å². The molecule has 7 heteroatoms. The molecule has 3 rings (SSSR count). The molecule has 1 atom stereocenters. The molecular weight excluding hydrogens is 445 g/mol. The lowest BCUT2D eigenvalue weighted by Gasteiger charge is -2.13. The number of aryl methyl sites for hydroxylation is 1. The van der Waals surface area contributed by atoms with Crippen molar-refractivity contribution in [3.8, 4) is 5.75 Å². The number of ether oxygens (including phenoxy) is 2. The fraction of sp³-hybridized carbons (Fsp3) is 0.444. The summed E-state index contributed by atoms with van der Waals surface area (Å²) in [6.45, 7) is 4.81. The van der Waals surface area contributed by atoms with Gasteiger partial charge in [-0.1, -0.05) is 49.6 Å². The Labute approximate surface area is 197 Å². The number of fused-ring (bicyclic) bond motifs is 1. The SMILES string of the molecule is Cc1c(CC(F)(F)F)c(=O)oc2ccc(OCCCCCCCOC(C)c3ccccc3)cc12. The molecule has 0 spiro atoms. The number of hydrogen-bond acceptors (Lipinski definition) is 4. The van der Waals surface area contributed by atoms with E-state index >= 15 is 0 Å². The van der Waals surface area contributed by atoms with Crippen molar-refractivity contribution in [1.82, 2.24) is 0 Å². The normalized spacial score (nSPS) is 12.7. The third-order valence-electron chi connectivity index (χ3n) is 5.83. The standard InChI is InChI=1S/C27H31F3O4/c1-19-23-17-22(13-14-25(23)34-26(31)24(19)18-27(28,29)30)33-16-10-5-3-4-9-15-32-20(2)21-11-7-6-8-12-21/h6-8,11-14,17,20H,3-5,9-10,15-16,18H2,1-2H3. The minimum absolute atomic E-state index is 0.0951. The molecular formula is C27H31F3O4. The Bertz CT molecular complexity index is 1110. The summed E-state index contributed by atoms with van der Waals surface area (Å²) in [5, 5.41) is 0.459. The Hall–Kier alpha value is -2.80. The predicted octanol–water partition coefficient (Wildman–Crippen LogP) is 7.31. The Morgan fingerprint density at radius 1 is 0.941 bits per heavy atom. The topological polar surface area (TPSA) is 48.7 Å². The van der Waals surface area contributed by atoms with E-state index in [1.54, 1.807) is 18.2 Å². The van der Waals surface area contributed by atoms with Crippen molar-refractivity contribution < 1.29 is 27.1 Å². The highest BCUT2D eigenvalue weighted by Gasteiger charge is 2.31. The zero-order valence-electron chi connectivity index (χ0n) is 19.6. The van der Waals surface area contributed by atoms with Crippen molar-refractivity contribution in [2.75, 3.05) is 13.2 Å². The van der Waals surface area contributed by atoms with E-state index in [1.165, 1.54) is 12.5 Å². The molecule has 2 aromatic carbocycles. The van der Waals surface area contributed by atoms with E-state index in [0.717, 1.165) is 38.7 Å². The van der Waals surface area contributed by atoms with Gasteiger partial charge in [0.25, 0.3) is 0 Å². The van der Waals surface area contributed by atoms with Gasteiger partial charge in [-0.25, -0.2) is 4.79 Å². The van der Waals surface area contributed by atoms with Crippen LogP contribution in [0, 0.1) is 6.92 Å². The molecule has 0 aliphatic carbocycles. The van der Waals surface area contributed by atoms with E-state index in [0.29, 0.717) is 17.7 Å². The second-order valence-electron chi connectivity index (χ2n) is 8.48. The molecule has 0 fully saturated rings. The molecule has 1 unspecified atom stereocenters. The quantitative estimate of drug-likeness (QED) is 0.203. The summed E-state index contributed by atoms with van der Waals surface area (Å²) in [5.41, 5.74) is 0.403. The van der Waals surface area contributed by atoms with Crippen LogP contribution in [-0.4, -0.2) is 19.4 Å². The number of rotatable bonds is 12. The summed E-state index contributed by atoms with van der Waals surface area (Å²) in [5.74, 6) is 0.547. The van der Waals surface area contributed by atoms with E-state index < -0.39 is 18.2 Å². The van der Waals surface area contributed by atoms with Crippen LogP contribution < -0.4 is 10.4 Å². The van der Waals surface area contributed by atoms with Crippen LogP contribution in [0.1, 0.15) is 61.8 Å². The summed E-state index contributed by atoms with van der Waals surface area (Å²) in [6.07, 6.45) is -0.628. The third kappa shape index (κ3) is 7.62. The van der Waals surface area contributed by atoms with Gasteiger partial charge in [0.1, 0.15) is 11.3 Å². The largest absolute Gasteiger partial charge is 0.494 e. The number of unbranched alkanes of at least 4 members (excludes halogenated alkanes) is 4. The fourth-order valence-corrected chi connectivity index (χ4v) is 3.87. The van der Waals surface area contributed by atoms with Crippen LogP contribution in [0.4, 0.5) is 13.2 Å². The van der Waals surface area contributed by atoms with Crippen LogP contribution in [0.15, 0.2) is 57.7 Å². The van der Waals surface area contributed by atoms with E-state index in [9.17, 15) is 18.0 Å². The second-order valence-corrected chi connectivity index (χ2v) is 8.48. The Morgan fingerprint density at radius 2 is 1.62 bits per heavy atom. The minimum Gasteiger partial charge on any atom is -0.494 e. The first kappa shape index (κ1) is 25.8. The molecule has 184 valence electrons. The average Bonchev–Trinajstić information content (AvgIpc) is 2.81. The van der Waals surface area contributed by atoms with E-state index in [-0.39, 0.29) is 22.8 Å². The monoisotopic (exact) mass is 476 g/mol. The van der Waals surface area contributed by atoms with Gasteiger partial charge < -0.3 is 13.9 Å². The van der Waals surface area contributed by atoms with Crippen LogP contribution >= 0.6 is 0 Å². The van der Waals surface area contributed by atoms with Crippen LogP contribution in [0.2, 0.25) is 0 Å². The highest BCUT2D eigenvalue weighted by Crippen LogP contribution is 2.28. The average molecular weight is 477 g/mol. The van der Waals surface area contributed by atoms with Gasteiger partial charge >= 0.3 is 11.8 Å². The Balaban J connectivity index is 1.39. The summed E-state index contributed by atoms with van der Waals surface area (Å²) in [6, 6.07) is 15.0. The summed E-state index contributed by atoms with van der Waals surface area (Å²) >= 11 is 0. The van der Waals surface area contributed by atoms with Crippen molar-refractivity contribution >= 4 is 11.0 Å². The van der Waals surface area contributed by atoms with Gasteiger partial charge in [0.05, 0.1) is 24.7 Å². The summed E-state index contributed by atoms with van der Waals surface area (Å²) < 4.78 is 55.2. The lowest BCUT2D eigenvalue weighted by Crippen LogP contribution is -2.20. The first-order valence-electron chi connectivity index (χ1n) is 11.7. The van der Waals surface area contributed by atoms with Crippen molar-refractivity contribution in [2.24, 2.45) is 0 Å². The molecule has 34 heavy (non-hydrogen) atoms. The van der Waals surface area contributed by atoms with Gasteiger partial charge in [-0.3, -0.25) is 0 Å². The maximum atomic E-state index is 12.8. The second kappa shape index (κ2) is 12.1. The zero-order valence-corrected chi connectivity index (χ0v) is 19.6. The van der Waals surface area contributed by atoms with Gasteiger partial charge in [0.15, 0.2) is 0 Å². The molecule has 0 aliphatic rings. The Morgan fingerprint density at radius 3 is 2.32 bits per heavy atom. The molecule has 0 saturated carbocycles. The molecule has 0 N–H and O–H groups in total. The fourth-order valence-electron chi connectivity index (χ4n) is 3.87. The summed E-state index contributed by atoms with van der Waals surface area (Å²) in [7, 11) is 0. The highest BCUT2D eigenvalue weighted by atomic mass is 19.4. The maximum absolute atomic E-state index is 12.8. The van der Waals surface area contributed by atoms with E-state index in [2.05, 4.69) is 19.1 Å². The molecule has 1 heterocycles. The maximum Gasteiger partial charge on any atom is 0.393 e. The van der Waals surface area contributed by atoms with Crippen LogP contribution in [0.3, 0.4) is 0 Å². The number of benzene rings is 2. The van der Waals surface area contributed by atoms with Gasteiger partial charge in [-0.05, 0) is 56.0 Å². The minimum atomic E-state index is -4.48. The zero-order chi connectivity index (χ0) is 24.6. The molecule has 0 radical (unpaired) electrons. The van der Waals surface area contributed by atoms with Gasteiger partial charge in [-0.15, -0.1) is 0 Å². The first-order valence-corrected chi connectivity index (χ1v) is 11.7. The van der Waals surface area contributed by atoms with E-state index in [1.807, 2.05) is 18.2 Å². The van der Waals surface area contributed by atoms with Crippen LogP contribution in [0.25, 0.3) is 11.0 Å². The predicted molar refractivity (Wildman–Crippen MR) is 126 cm³/mol. The van der Waals surface area contributed by atoms with Gasteiger partial charge in [0.2, 0.25) is 0 Å². The molecule has 0 amide bonds.